The fourth-order valence-electron chi connectivity index (χ4n) is 2.21. The summed E-state index contributed by atoms with van der Waals surface area (Å²) in [6.07, 6.45) is -1.02. The van der Waals surface area contributed by atoms with Gasteiger partial charge in [0.05, 0.1) is 17.8 Å². The second-order valence-corrected chi connectivity index (χ2v) is 4.44. The summed E-state index contributed by atoms with van der Waals surface area (Å²) in [4.78, 5) is 0. The molecule has 1 unspecified atom stereocenters. The highest BCUT2D eigenvalue weighted by Gasteiger charge is 2.35. The van der Waals surface area contributed by atoms with Gasteiger partial charge in [-0.05, 0) is 25.6 Å². The van der Waals surface area contributed by atoms with Crippen LogP contribution >= 0.6 is 0 Å². The molecule has 2 rings (SSSR count). The summed E-state index contributed by atoms with van der Waals surface area (Å²) in [6.45, 7) is 2.60. The molecule has 1 N–H and O–H groups in total. The molecule has 1 atom stereocenters. The molecule has 0 aliphatic rings. The van der Waals surface area contributed by atoms with E-state index in [0.717, 1.165) is 6.07 Å². The van der Waals surface area contributed by atoms with Crippen LogP contribution < -0.4 is 5.32 Å². The Morgan fingerprint density at radius 1 is 1.30 bits per heavy atom. The first kappa shape index (κ1) is 14.6. The van der Waals surface area contributed by atoms with E-state index in [0.29, 0.717) is 12.1 Å². The number of nitrogens with zero attached hydrogens (tertiary/aromatic N) is 2. The Balaban J connectivity index is 2.47. The van der Waals surface area contributed by atoms with Gasteiger partial charge in [0.15, 0.2) is 0 Å². The van der Waals surface area contributed by atoms with E-state index in [1.807, 2.05) is 6.92 Å². The molecule has 6 heteroatoms. The van der Waals surface area contributed by atoms with Crippen LogP contribution in [0.15, 0.2) is 36.7 Å². The number of alkyl halides is 3. The zero-order valence-electron chi connectivity index (χ0n) is 11.3. The highest BCUT2D eigenvalue weighted by Crippen LogP contribution is 2.36. The lowest BCUT2D eigenvalue weighted by molar-refractivity contribution is -0.138. The molecule has 0 fully saturated rings. The quantitative estimate of drug-likeness (QED) is 0.933. The molecule has 0 saturated heterocycles. The van der Waals surface area contributed by atoms with E-state index in [4.69, 9.17) is 0 Å². The molecule has 20 heavy (non-hydrogen) atoms. The minimum absolute atomic E-state index is 0.207. The Morgan fingerprint density at radius 2 is 2.00 bits per heavy atom. The fraction of sp³-hybridized carbons (Fsp3) is 0.357. The van der Waals surface area contributed by atoms with Crippen LogP contribution in [0.3, 0.4) is 0 Å². The molecule has 0 spiro atoms. The van der Waals surface area contributed by atoms with Gasteiger partial charge in [-0.15, -0.1) is 0 Å². The standard InChI is InChI=1S/C14H16F3N3/c1-3-20-9-10(8-19-20)13(18-2)11-6-4-5-7-12(11)14(15,16)17/h4-9,13,18H,3H2,1-2H3. The molecular formula is C14H16F3N3. The van der Waals surface area contributed by atoms with Crippen LogP contribution in [0.5, 0.6) is 0 Å². The molecule has 2 aromatic rings. The highest BCUT2D eigenvalue weighted by atomic mass is 19.4. The van der Waals surface area contributed by atoms with Crippen LogP contribution in [0.25, 0.3) is 0 Å². The van der Waals surface area contributed by atoms with Crippen molar-refractivity contribution in [2.24, 2.45) is 0 Å². The summed E-state index contributed by atoms with van der Waals surface area (Å²) in [5.74, 6) is 0. The summed E-state index contributed by atoms with van der Waals surface area (Å²) in [5, 5.41) is 7.05. The van der Waals surface area contributed by atoms with Gasteiger partial charge in [0, 0.05) is 18.3 Å². The second-order valence-electron chi connectivity index (χ2n) is 4.44. The lowest BCUT2D eigenvalue weighted by atomic mass is 9.96. The molecule has 1 aromatic carbocycles. The number of nitrogens with one attached hydrogen (secondary N) is 1. The van der Waals surface area contributed by atoms with Gasteiger partial charge in [-0.3, -0.25) is 4.68 Å². The lowest BCUT2D eigenvalue weighted by Crippen LogP contribution is -2.21. The Bertz CT molecular complexity index is 575. The predicted molar refractivity (Wildman–Crippen MR) is 70.2 cm³/mol. The predicted octanol–water partition coefficient (Wildman–Crippen LogP) is 3.23. The van der Waals surface area contributed by atoms with Crippen molar-refractivity contribution in [2.45, 2.75) is 25.7 Å². The average molecular weight is 283 g/mol. The smallest absolute Gasteiger partial charge is 0.309 e. The maximum atomic E-state index is 13.1. The third kappa shape index (κ3) is 2.85. The van der Waals surface area contributed by atoms with Crippen molar-refractivity contribution in [1.29, 1.82) is 0 Å². The number of benzene rings is 1. The number of aryl methyl sites for hydroxylation is 1. The van der Waals surface area contributed by atoms with Crippen molar-refractivity contribution in [3.8, 4) is 0 Å². The maximum Gasteiger partial charge on any atom is 0.416 e. The topological polar surface area (TPSA) is 29.9 Å². The van der Waals surface area contributed by atoms with Gasteiger partial charge in [-0.1, -0.05) is 18.2 Å². The monoisotopic (exact) mass is 283 g/mol. The molecule has 108 valence electrons. The third-order valence-corrected chi connectivity index (χ3v) is 3.18. The van der Waals surface area contributed by atoms with E-state index in [1.165, 1.54) is 12.1 Å². The Kier molecular flexibility index (Phi) is 4.13. The summed E-state index contributed by atoms with van der Waals surface area (Å²) >= 11 is 0. The Morgan fingerprint density at radius 3 is 2.55 bits per heavy atom. The van der Waals surface area contributed by atoms with Crippen molar-refractivity contribution >= 4 is 0 Å². The van der Waals surface area contributed by atoms with Crippen LogP contribution in [0.4, 0.5) is 13.2 Å². The summed E-state index contributed by atoms with van der Waals surface area (Å²) in [5.41, 5.74) is 0.299. The van der Waals surface area contributed by atoms with Gasteiger partial charge in [0.1, 0.15) is 0 Å². The number of halogens is 3. The SMILES string of the molecule is CCn1cc(C(NC)c2ccccc2C(F)(F)F)cn1. The van der Waals surface area contributed by atoms with Crippen molar-refractivity contribution < 1.29 is 13.2 Å². The second kappa shape index (κ2) is 5.66. The van der Waals surface area contributed by atoms with Gasteiger partial charge < -0.3 is 5.32 Å². The normalized spacial score (nSPS) is 13.4. The van der Waals surface area contributed by atoms with Gasteiger partial charge in [-0.25, -0.2) is 0 Å². The van der Waals surface area contributed by atoms with Gasteiger partial charge in [0.2, 0.25) is 0 Å². The van der Waals surface area contributed by atoms with Crippen molar-refractivity contribution in [3.05, 3.63) is 53.3 Å². The number of aromatic nitrogens is 2. The third-order valence-electron chi connectivity index (χ3n) is 3.18. The molecule has 1 heterocycles. The van der Waals surface area contributed by atoms with E-state index < -0.39 is 17.8 Å². The van der Waals surface area contributed by atoms with E-state index in [9.17, 15) is 13.2 Å². The number of hydrogen-bond donors (Lipinski definition) is 1. The molecule has 0 bridgehead atoms. The molecule has 0 amide bonds. The van der Waals surface area contributed by atoms with E-state index in [-0.39, 0.29) is 5.56 Å². The largest absolute Gasteiger partial charge is 0.416 e. The first-order chi connectivity index (χ1) is 9.47. The molecule has 0 radical (unpaired) electrons. The Hall–Kier alpha value is -1.82. The van der Waals surface area contributed by atoms with Crippen LogP contribution in [0.1, 0.15) is 29.7 Å². The van der Waals surface area contributed by atoms with Crippen LogP contribution in [-0.4, -0.2) is 16.8 Å². The first-order valence-corrected chi connectivity index (χ1v) is 6.33. The number of hydrogen-bond acceptors (Lipinski definition) is 2. The highest BCUT2D eigenvalue weighted by molar-refractivity contribution is 5.37. The summed E-state index contributed by atoms with van der Waals surface area (Å²) < 4.78 is 40.9. The van der Waals surface area contributed by atoms with E-state index in [2.05, 4.69) is 10.4 Å². The average Bonchev–Trinajstić information content (AvgIpc) is 2.88. The fourth-order valence-corrected chi connectivity index (χ4v) is 2.21. The summed E-state index contributed by atoms with van der Waals surface area (Å²) in [6, 6.07) is 5.07. The lowest BCUT2D eigenvalue weighted by Gasteiger charge is -2.20. The van der Waals surface area contributed by atoms with Crippen molar-refractivity contribution in [1.82, 2.24) is 15.1 Å². The minimum Gasteiger partial charge on any atom is -0.309 e. The maximum absolute atomic E-state index is 13.1. The van der Waals surface area contributed by atoms with Crippen LogP contribution in [0.2, 0.25) is 0 Å². The first-order valence-electron chi connectivity index (χ1n) is 6.33. The Labute approximate surface area is 115 Å². The van der Waals surface area contributed by atoms with Gasteiger partial charge in [0.25, 0.3) is 0 Å². The van der Waals surface area contributed by atoms with Crippen LogP contribution in [0, 0.1) is 0 Å². The van der Waals surface area contributed by atoms with E-state index in [1.54, 1.807) is 30.2 Å². The van der Waals surface area contributed by atoms with Crippen molar-refractivity contribution in [3.63, 3.8) is 0 Å². The molecule has 1 aromatic heterocycles. The van der Waals surface area contributed by atoms with Gasteiger partial charge >= 0.3 is 6.18 Å². The molecule has 3 nitrogen and oxygen atoms in total. The molecule has 0 aliphatic heterocycles. The van der Waals surface area contributed by atoms with Crippen molar-refractivity contribution in [2.75, 3.05) is 7.05 Å². The van der Waals surface area contributed by atoms with E-state index >= 15 is 0 Å². The summed E-state index contributed by atoms with van der Waals surface area (Å²) in [7, 11) is 1.64. The molecule has 0 aliphatic carbocycles. The van der Waals surface area contributed by atoms with Crippen LogP contribution in [-0.2, 0) is 12.7 Å². The molecular weight excluding hydrogens is 267 g/mol. The minimum atomic E-state index is -4.37. The number of rotatable bonds is 4. The zero-order chi connectivity index (χ0) is 14.8. The van der Waals surface area contributed by atoms with Gasteiger partial charge in [-0.2, -0.15) is 18.3 Å². The molecule has 0 saturated carbocycles. The zero-order valence-corrected chi connectivity index (χ0v) is 11.3.